The fraction of sp³-hybridized carbons (Fsp3) is 0.364. The summed E-state index contributed by atoms with van der Waals surface area (Å²) in [7, 11) is -3.76. The number of rotatable bonds is 9. The lowest BCUT2D eigenvalue weighted by Crippen LogP contribution is -2.32. The van der Waals surface area contributed by atoms with Crippen LogP contribution in [0.15, 0.2) is 53.4 Å². The van der Waals surface area contributed by atoms with E-state index in [9.17, 15) is 8.42 Å². The molecule has 1 aromatic heterocycles. The number of anilines is 1. The van der Waals surface area contributed by atoms with Crippen molar-refractivity contribution >= 4 is 27.3 Å². The number of hydrogen-bond donors (Lipinski definition) is 0. The van der Waals surface area contributed by atoms with Gasteiger partial charge in [0.1, 0.15) is 5.82 Å². The van der Waals surface area contributed by atoms with Gasteiger partial charge in [0.15, 0.2) is 5.82 Å². The second-order valence-corrected chi connectivity index (χ2v) is 9.24. The molecule has 0 amide bonds. The number of sulfonamides is 1. The van der Waals surface area contributed by atoms with Crippen LogP contribution in [0.2, 0.25) is 5.02 Å². The van der Waals surface area contributed by atoms with Gasteiger partial charge in [-0.3, -0.25) is 4.31 Å². The van der Waals surface area contributed by atoms with E-state index in [4.69, 9.17) is 11.6 Å². The van der Waals surface area contributed by atoms with Gasteiger partial charge in [-0.15, -0.1) is 10.2 Å². The highest BCUT2D eigenvalue weighted by Crippen LogP contribution is 2.36. The first kappa shape index (κ1) is 22.3. The molecule has 3 aromatic rings. The lowest BCUT2D eigenvalue weighted by atomic mass is 10.1. The number of halogens is 1. The normalized spacial score (nSPS) is 11.6. The summed E-state index contributed by atoms with van der Waals surface area (Å²) < 4.78 is 30.6. The van der Waals surface area contributed by atoms with Crippen LogP contribution < -0.4 is 4.31 Å². The third-order valence-corrected chi connectivity index (χ3v) is 7.04. The monoisotopic (exact) mass is 446 g/mol. The molecule has 0 aliphatic carbocycles. The molecule has 3 rings (SSSR count). The highest BCUT2D eigenvalue weighted by atomic mass is 35.5. The Morgan fingerprint density at radius 2 is 1.77 bits per heavy atom. The van der Waals surface area contributed by atoms with Crippen LogP contribution in [0.3, 0.4) is 0 Å². The quantitative estimate of drug-likeness (QED) is 0.454. The highest BCUT2D eigenvalue weighted by molar-refractivity contribution is 7.92. The van der Waals surface area contributed by atoms with Gasteiger partial charge in [-0.2, -0.15) is 0 Å². The molecular formula is C22H27ClN4O2S. The second-order valence-electron chi connectivity index (χ2n) is 6.94. The minimum atomic E-state index is -3.76. The number of aromatic nitrogens is 3. The van der Waals surface area contributed by atoms with Gasteiger partial charge < -0.3 is 4.57 Å². The molecule has 0 atom stereocenters. The third-order valence-electron chi connectivity index (χ3n) is 4.97. The van der Waals surface area contributed by atoms with Crippen LogP contribution in [-0.2, 0) is 23.0 Å². The molecule has 2 aromatic carbocycles. The highest BCUT2D eigenvalue weighted by Gasteiger charge is 2.28. The molecule has 160 valence electrons. The van der Waals surface area contributed by atoms with Gasteiger partial charge in [-0.05, 0) is 43.7 Å². The molecule has 0 aliphatic rings. The van der Waals surface area contributed by atoms with Crippen molar-refractivity contribution in [2.45, 2.75) is 51.5 Å². The summed E-state index contributed by atoms with van der Waals surface area (Å²) in [6, 6.07) is 13.7. The first-order chi connectivity index (χ1) is 14.4. The van der Waals surface area contributed by atoms with Crippen LogP contribution in [-0.4, -0.2) is 29.7 Å². The predicted octanol–water partition coefficient (Wildman–Crippen LogP) is 5.18. The van der Waals surface area contributed by atoms with Crippen molar-refractivity contribution in [2.75, 3.05) is 10.8 Å². The van der Waals surface area contributed by atoms with Crippen molar-refractivity contribution in [3.63, 3.8) is 0 Å². The van der Waals surface area contributed by atoms with Crippen LogP contribution in [0.1, 0.15) is 39.4 Å². The molecule has 1 heterocycles. The summed E-state index contributed by atoms with van der Waals surface area (Å²) in [4.78, 5) is 0.258. The van der Waals surface area contributed by atoms with E-state index >= 15 is 0 Å². The number of hydrogen-bond acceptors (Lipinski definition) is 4. The maximum absolute atomic E-state index is 13.6. The summed E-state index contributed by atoms with van der Waals surface area (Å²) in [6.45, 7) is 7.12. The summed E-state index contributed by atoms with van der Waals surface area (Å²) in [6.07, 6.45) is 2.34. The molecule has 0 unspecified atom stereocenters. The van der Waals surface area contributed by atoms with E-state index < -0.39 is 10.0 Å². The Balaban J connectivity index is 2.22. The molecule has 0 N–H and O–H groups in total. The van der Waals surface area contributed by atoms with Crippen LogP contribution in [0.25, 0.3) is 11.4 Å². The van der Waals surface area contributed by atoms with E-state index in [0.29, 0.717) is 35.2 Å². The predicted molar refractivity (Wildman–Crippen MR) is 121 cm³/mol. The first-order valence-electron chi connectivity index (χ1n) is 10.2. The second kappa shape index (κ2) is 9.62. The molecular weight excluding hydrogens is 420 g/mol. The Kier molecular flexibility index (Phi) is 7.15. The van der Waals surface area contributed by atoms with Crippen molar-refractivity contribution in [3.05, 3.63) is 59.4 Å². The minimum absolute atomic E-state index is 0.258. The van der Waals surface area contributed by atoms with Crippen molar-refractivity contribution in [2.24, 2.45) is 0 Å². The van der Waals surface area contributed by atoms with Gasteiger partial charge in [0.05, 0.1) is 10.6 Å². The average molecular weight is 447 g/mol. The first-order valence-corrected chi connectivity index (χ1v) is 12.1. The van der Waals surface area contributed by atoms with E-state index in [-0.39, 0.29) is 4.90 Å². The molecule has 0 radical (unpaired) electrons. The van der Waals surface area contributed by atoms with E-state index in [1.54, 1.807) is 48.5 Å². The largest absolute Gasteiger partial charge is 0.311 e. The Morgan fingerprint density at radius 3 is 2.40 bits per heavy atom. The maximum atomic E-state index is 13.6. The van der Waals surface area contributed by atoms with E-state index in [1.165, 1.54) is 4.31 Å². The van der Waals surface area contributed by atoms with E-state index in [1.807, 2.05) is 25.3 Å². The van der Waals surface area contributed by atoms with Gasteiger partial charge in [-0.25, -0.2) is 8.42 Å². The fourth-order valence-electron chi connectivity index (χ4n) is 3.42. The Labute approximate surface area is 183 Å². The summed E-state index contributed by atoms with van der Waals surface area (Å²) >= 11 is 6.32. The zero-order valence-corrected chi connectivity index (χ0v) is 19.1. The molecule has 6 nitrogen and oxygen atoms in total. The molecule has 0 bridgehead atoms. The number of aryl methyl sites for hydroxylation is 1. The molecule has 0 spiro atoms. The van der Waals surface area contributed by atoms with Gasteiger partial charge in [0.25, 0.3) is 10.0 Å². The topological polar surface area (TPSA) is 68.1 Å². The smallest absolute Gasteiger partial charge is 0.264 e. The zero-order chi connectivity index (χ0) is 21.7. The molecule has 0 saturated heterocycles. The Hall–Kier alpha value is -2.38. The Morgan fingerprint density at radius 1 is 1.03 bits per heavy atom. The Bertz CT molecular complexity index is 1100. The molecule has 0 saturated carbocycles. The van der Waals surface area contributed by atoms with Crippen LogP contribution in [0, 0.1) is 0 Å². The number of nitrogens with zero attached hydrogens (tertiary/aromatic N) is 4. The van der Waals surface area contributed by atoms with Gasteiger partial charge >= 0.3 is 0 Å². The van der Waals surface area contributed by atoms with Gasteiger partial charge in [0.2, 0.25) is 0 Å². The average Bonchev–Trinajstić information content (AvgIpc) is 3.18. The molecule has 0 fully saturated rings. The van der Waals surface area contributed by atoms with Crippen molar-refractivity contribution < 1.29 is 8.42 Å². The SMILES string of the molecule is CCCCN(c1ccc(Cl)cc1-c1nnc(CC)n1CC)S(=O)(=O)c1ccccc1. The fourth-order valence-corrected chi connectivity index (χ4v) is 5.14. The van der Waals surface area contributed by atoms with Crippen molar-refractivity contribution in [1.82, 2.24) is 14.8 Å². The van der Waals surface area contributed by atoms with E-state index in [0.717, 1.165) is 25.1 Å². The van der Waals surface area contributed by atoms with Gasteiger partial charge in [0, 0.05) is 30.1 Å². The third kappa shape index (κ3) is 4.37. The van der Waals surface area contributed by atoms with Crippen molar-refractivity contribution in [1.29, 1.82) is 0 Å². The van der Waals surface area contributed by atoms with Crippen LogP contribution in [0.5, 0.6) is 0 Å². The van der Waals surface area contributed by atoms with Crippen LogP contribution >= 0.6 is 11.6 Å². The summed E-state index contributed by atoms with van der Waals surface area (Å²) in [5, 5.41) is 9.20. The zero-order valence-electron chi connectivity index (χ0n) is 17.5. The van der Waals surface area contributed by atoms with Crippen molar-refractivity contribution in [3.8, 4) is 11.4 Å². The van der Waals surface area contributed by atoms with Gasteiger partial charge in [-0.1, -0.05) is 50.1 Å². The molecule has 0 aliphatic heterocycles. The lowest BCUT2D eigenvalue weighted by molar-refractivity contribution is 0.588. The maximum Gasteiger partial charge on any atom is 0.264 e. The minimum Gasteiger partial charge on any atom is -0.311 e. The summed E-state index contributed by atoms with van der Waals surface area (Å²) in [5.74, 6) is 1.47. The van der Waals surface area contributed by atoms with Crippen LogP contribution in [0.4, 0.5) is 5.69 Å². The molecule has 8 heteroatoms. The standard InChI is InChI=1S/C22H27ClN4O2S/c1-4-7-15-27(30(28,29)18-11-9-8-10-12-18)20-14-13-17(23)16-19(20)22-25-24-21(5-2)26(22)6-3/h8-14,16H,4-7,15H2,1-3H3. The molecule has 30 heavy (non-hydrogen) atoms. The lowest BCUT2D eigenvalue weighted by Gasteiger charge is -2.27. The summed E-state index contributed by atoms with van der Waals surface area (Å²) in [5.41, 5.74) is 1.22. The number of unbranched alkanes of at least 4 members (excludes halogenated alkanes) is 1. The van der Waals surface area contributed by atoms with E-state index in [2.05, 4.69) is 10.2 Å². The number of benzene rings is 2.